The molecule has 0 atom stereocenters. The number of hydrogen-bond acceptors (Lipinski definition) is 3. The predicted molar refractivity (Wildman–Crippen MR) is 78.6 cm³/mol. The van der Waals surface area contributed by atoms with E-state index in [-0.39, 0.29) is 0 Å². The van der Waals surface area contributed by atoms with Gasteiger partial charge >= 0.3 is 0 Å². The minimum atomic E-state index is 0.973. The molecular weight excluding hydrogens is 222 g/mol. The van der Waals surface area contributed by atoms with Crippen LogP contribution in [0.2, 0.25) is 0 Å². The van der Waals surface area contributed by atoms with Crippen LogP contribution >= 0.6 is 0 Å². The van der Waals surface area contributed by atoms with Crippen LogP contribution in [-0.4, -0.2) is 50.2 Å². The number of rotatable bonds is 9. The summed E-state index contributed by atoms with van der Waals surface area (Å²) in [5.41, 5.74) is 1.36. The van der Waals surface area contributed by atoms with Gasteiger partial charge < -0.3 is 5.32 Å². The van der Waals surface area contributed by atoms with Crippen molar-refractivity contribution < 1.29 is 0 Å². The molecule has 18 heavy (non-hydrogen) atoms. The van der Waals surface area contributed by atoms with Crippen LogP contribution in [0.15, 0.2) is 30.3 Å². The topological polar surface area (TPSA) is 18.5 Å². The van der Waals surface area contributed by atoms with E-state index in [1.54, 1.807) is 0 Å². The highest BCUT2D eigenvalue weighted by Gasteiger charge is 2.02. The highest BCUT2D eigenvalue weighted by Crippen LogP contribution is 1.97. The van der Waals surface area contributed by atoms with Gasteiger partial charge in [0.2, 0.25) is 0 Å². The first-order chi connectivity index (χ1) is 8.72. The third-order valence-corrected chi connectivity index (χ3v) is 2.93. The van der Waals surface area contributed by atoms with E-state index in [1.165, 1.54) is 12.0 Å². The molecule has 0 heterocycles. The van der Waals surface area contributed by atoms with Crippen LogP contribution in [-0.2, 0) is 6.54 Å². The quantitative estimate of drug-likeness (QED) is 0.533. The molecule has 0 aliphatic heterocycles. The van der Waals surface area contributed by atoms with Gasteiger partial charge in [-0.3, -0.25) is 9.80 Å². The van der Waals surface area contributed by atoms with E-state index in [0.717, 1.165) is 32.8 Å². The molecule has 102 valence electrons. The molecule has 3 heteroatoms. The first-order valence-electron chi connectivity index (χ1n) is 6.84. The van der Waals surface area contributed by atoms with Crippen LogP contribution < -0.4 is 5.32 Å². The van der Waals surface area contributed by atoms with Gasteiger partial charge in [-0.2, -0.15) is 0 Å². The van der Waals surface area contributed by atoms with Crippen LogP contribution in [0, 0.1) is 0 Å². The molecule has 0 saturated carbocycles. The summed E-state index contributed by atoms with van der Waals surface area (Å²) in [6, 6.07) is 10.6. The predicted octanol–water partition coefficient (Wildman–Crippen LogP) is 2.01. The third kappa shape index (κ3) is 6.74. The number of nitrogens with one attached hydrogen (secondary N) is 1. The van der Waals surface area contributed by atoms with Gasteiger partial charge in [0.05, 0.1) is 6.67 Å². The van der Waals surface area contributed by atoms with Gasteiger partial charge in [-0.05, 0) is 39.2 Å². The molecule has 0 aliphatic carbocycles. The van der Waals surface area contributed by atoms with Crippen LogP contribution in [0.5, 0.6) is 0 Å². The SMILES string of the molecule is CCN(CCCNCc1ccccc1)CN(C)C. The minimum absolute atomic E-state index is 0.973. The van der Waals surface area contributed by atoms with Crippen LogP contribution in [0.3, 0.4) is 0 Å². The maximum atomic E-state index is 3.49. The summed E-state index contributed by atoms with van der Waals surface area (Å²) in [6.45, 7) is 7.61. The van der Waals surface area contributed by atoms with Crippen LogP contribution in [0.4, 0.5) is 0 Å². The van der Waals surface area contributed by atoms with Crippen molar-refractivity contribution in [2.45, 2.75) is 19.9 Å². The van der Waals surface area contributed by atoms with Crippen molar-refractivity contribution in [3.8, 4) is 0 Å². The summed E-state index contributed by atoms with van der Waals surface area (Å²) in [5.74, 6) is 0. The lowest BCUT2D eigenvalue weighted by Gasteiger charge is -2.24. The Hall–Kier alpha value is -0.900. The molecule has 0 aromatic heterocycles. The standard InChI is InChI=1S/C15H27N3/c1-4-18(14-17(2)3)12-8-11-16-13-15-9-6-5-7-10-15/h5-7,9-10,16H,4,8,11-14H2,1-3H3. The minimum Gasteiger partial charge on any atom is -0.313 e. The van der Waals surface area contributed by atoms with E-state index >= 15 is 0 Å². The number of hydrogen-bond donors (Lipinski definition) is 1. The Kier molecular flexibility index (Phi) is 7.65. The highest BCUT2D eigenvalue weighted by atomic mass is 15.3. The van der Waals surface area contributed by atoms with Gasteiger partial charge in [0.25, 0.3) is 0 Å². The molecule has 0 fully saturated rings. The monoisotopic (exact) mass is 249 g/mol. The Morgan fingerprint density at radius 2 is 1.83 bits per heavy atom. The van der Waals surface area contributed by atoms with E-state index in [1.807, 2.05) is 0 Å². The Morgan fingerprint density at radius 1 is 1.11 bits per heavy atom. The second kappa shape index (κ2) is 9.09. The van der Waals surface area contributed by atoms with Crippen molar-refractivity contribution in [2.75, 3.05) is 40.4 Å². The van der Waals surface area contributed by atoms with E-state index < -0.39 is 0 Å². The Bertz CT molecular complexity index is 298. The van der Waals surface area contributed by atoms with Crippen molar-refractivity contribution in [1.29, 1.82) is 0 Å². The Balaban J connectivity index is 2.07. The van der Waals surface area contributed by atoms with Gasteiger partial charge in [0.15, 0.2) is 0 Å². The maximum absolute atomic E-state index is 3.49. The zero-order valence-corrected chi connectivity index (χ0v) is 12.0. The number of benzene rings is 1. The molecule has 0 unspecified atom stereocenters. The summed E-state index contributed by atoms with van der Waals surface area (Å²) >= 11 is 0. The fraction of sp³-hybridized carbons (Fsp3) is 0.600. The summed E-state index contributed by atoms with van der Waals surface area (Å²) in [6.07, 6.45) is 1.20. The molecule has 0 bridgehead atoms. The molecule has 0 aliphatic rings. The molecule has 0 radical (unpaired) electrons. The van der Waals surface area contributed by atoms with Crippen molar-refractivity contribution in [1.82, 2.24) is 15.1 Å². The molecule has 1 aromatic carbocycles. The zero-order valence-electron chi connectivity index (χ0n) is 12.0. The molecule has 0 saturated heterocycles. The average Bonchev–Trinajstić information content (AvgIpc) is 2.37. The Labute approximate surface area is 112 Å². The van der Waals surface area contributed by atoms with Gasteiger partial charge in [-0.15, -0.1) is 0 Å². The average molecular weight is 249 g/mol. The van der Waals surface area contributed by atoms with Crippen LogP contribution in [0.25, 0.3) is 0 Å². The summed E-state index contributed by atoms with van der Waals surface area (Å²) in [5, 5.41) is 3.49. The Morgan fingerprint density at radius 3 is 2.44 bits per heavy atom. The normalized spacial score (nSPS) is 11.4. The molecule has 0 spiro atoms. The van der Waals surface area contributed by atoms with Crippen molar-refractivity contribution in [2.24, 2.45) is 0 Å². The molecule has 1 rings (SSSR count). The van der Waals surface area contributed by atoms with E-state index in [9.17, 15) is 0 Å². The van der Waals surface area contributed by atoms with Crippen molar-refractivity contribution in [3.63, 3.8) is 0 Å². The lowest BCUT2D eigenvalue weighted by atomic mass is 10.2. The van der Waals surface area contributed by atoms with Gasteiger partial charge in [-0.1, -0.05) is 37.3 Å². The molecule has 1 N–H and O–H groups in total. The molecule has 0 amide bonds. The summed E-state index contributed by atoms with van der Waals surface area (Å²) in [4.78, 5) is 4.69. The second-order valence-corrected chi connectivity index (χ2v) is 4.95. The van der Waals surface area contributed by atoms with Crippen molar-refractivity contribution >= 4 is 0 Å². The fourth-order valence-corrected chi connectivity index (χ4v) is 1.99. The largest absolute Gasteiger partial charge is 0.313 e. The van der Waals surface area contributed by atoms with E-state index in [0.29, 0.717) is 0 Å². The van der Waals surface area contributed by atoms with Crippen molar-refractivity contribution in [3.05, 3.63) is 35.9 Å². The third-order valence-electron chi connectivity index (χ3n) is 2.93. The fourth-order valence-electron chi connectivity index (χ4n) is 1.99. The zero-order chi connectivity index (χ0) is 13.2. The van der Waals surface area contributed by atoms with E-state index in [2.05, 4.69) is 66.5 Å². The number of nitrogens with zero attached hydrogens (tertiary/aromatic N) is 2. The van der Waals surface area contributed by atoms with Gasteiger partial charge in [0, 0.05) is 13.1 Å². The lowest BCUT2D eigenvalue weighted by Crippen LogP contribution is -2.35. The van der Waals surface area contributed by atoms with Gasteiger partial charge in [0.1, 0.15) is 0 Å². The molecule has 1 aromatic rings. The first-order valence-corrected chi connectivity index (χ1v) is 6.84. The van der Waals surface area contributed by atoms with Crippen LogP contribution in [0.1, 0.15) is 18.9 Å². The van der Waals surface area contributed by atoms with E-state index in [4.69, 9.17) is 0 Å². The highest BCUT2D eigenvalue weighted by molar-refractivity contribution is 5.14. The maximum Gasteiger partial charge on any atom is 0.0500 e. The summed E-state index contributed by atoms with van der Waals surface area (Å²) in [7, 11) is 4.24. The smallest absolute Gasteiger partial charge is 0.0500 e. The summed E-state index contributed by atoms with van der Waals surface area (Å²) < 4.78 is 0. The van der Waals surface area contributed by atoms with Gasteiger partial charge in [-0.25, -0.2) is 0 Å². The molecule has 3 nitrogen and oxygen atoms in total. The first kappa shape index (κ1) is 15.2. The second-order valence-electron chi connectivity index (χ2n) is 4.95. The molecular formula is C15H27N3. The lowest BCUT2D eigenvalue weighted by molar-refractivity contribution is 0.181.